The van der Waals surface area contributed by atoms with Crippen molar-refractivity contribution in [1.29, 1.82) is 0 Å². The second kappa shape index (κ2) is 9.70. The maximum atomic E-state index is 11.4. The van der Waals surface area contributed by atoms with E-state index in [-0.39, 0.29) is 19.4 Å². The summed E-state index contributed by atoms with van der Waals surface area (Å²) in [7, 11) is 1.59. The zero-order chi connectivity index (χ0) is 11.5. The Kier molecular flexibility index (Phi) is 9.15. The number of carbonyl (C=O) groups excluding carboxylic acids is 1. The van der Waals surface area contributed by atoms with Gasteiger partial charge in [0.15, 0.2) is 0 Å². The minimum Gasteiger partial charge on any atom is -0.395 e. The molecule has 0 aromatic rings. The fraction of sp³-hybridized carbons (Fsp3) is 0.889. The maximum absolute atomic E-state index is 11.4. The second-order valence-corrected chi connectivity index (χ2v) is 2.83. The highest BCUT2D eigenvalue weighted by Crippen LogP contribution is 1.87. The van der Waals surface area contributed by atoms with Crippen LogP contribution in [-0.4, -0.2) is 62.8 Å². The molecule has 0 aromatic heterocycles. The van der Waals surface area contributed by atoms with Gasteiger partial charge in [0.25, 0.3) is 0 Å². The fourth-order valence-electron chi connectivity index (χ4n) is 0.963. The van der Waals surface area contributed by atoms with Gasteiger partial charge in [-0.1, -0.05) is 0 Å². The van der Waals surface area contributed by atoms with E-state index >= 15 is 0 Å². The third-order valence-corrected chi connectivity index (χ3v) is 1.80. The number of ether oxygens (including phenoxy) is 2. The van der Waals surface area contributed by atoms with Crippen molar-refractivity contribution in [1.82, 2.24) is 10.2 Å². The number of urea groups is 1. The second-order valence-electron chi connectivity index (χ2n) is 2.83. The molecule has 0 spiro atoms. The third-order valence-electron chi connectivity index (χ3n) is 1.80. The molecule has 0 saturated heterocycles. The van der Waals surface area contributed by atoms with Crippen LogP contribution in [0.2, 0.25) is 0 Å². The molecule has 2 amide bonds. The lowest BCUT2D eigenvalue weighted by Crippen LogP contribution is -2.42. The van der Waals surface area contributed by atoms with E-state index in [1.165, 1.54) is 4.90 Å². The number of hydrogen-bond donors (Lipinski definition) is 2. The van der Waals surface area contributed by atoms with Gasteiger partial charge >= 0.3 is 6.03 Å². The summed E-state index contributed by atoms with van der Waals surface area (Å²) in [5.74, 6) is 0. The first-order chi connectivity index (χ1) is 7.26. The van der Waals surface area contributed by atoms with Crippen molar-refractivity contribution in [2.75, 3.05) is 46.8 Å². The van der Waals surface area contributed by atoms with Crippen molar-refractivity contribution in [2.45, 2.75) is 6.92 Å². The molecule has 0 unspecified atom stereocenters. The van der Waals surface area contributed by atoms with Gasteiger partial charge in [-0.2, -0.15) is 0 Å². The summed E-state index contributed by atoms with van der Waals surface area (Å²) in [6.07, 6.45) is 0. The van der Waals surface area contributed by atoms with E-state index in [1.54, 1.807) is 7.11 Å². The Morgan fingerprint density at radius 3 is 2.73 bits per heavy atom. The van der Waals surface area contributed by atoms with E-state index in [0.29, 0.717) is 26.3 Å². The number of hydrogen-bond acceptors (Lipinski definition) is 4. The normalized spacial score (nSPS) is 10.1. The van der Waals surface area contributed by atoms with Crippen LogP contribution >= 0.6 is 0 Å². The monoisotopic (exact) mass is 220 g/mol. The van der Waals surface area contributed by atoms with Gasteiger partial charge in [0.1, 0.15) is 6.73 Å². The minimum absolute atomic E-state index is 0.0359. The number of amides is 2. The Hall–Kier alpha value is -0.850. The maximum Gasteiger partial charge on any atom is 0.319 e. The largest absolute Gasteiger partial charge is 0.395 e. The summed E-state index contributed by atoms with van der Waals surface area (Å²) in [4.78, 5) is 12.9. The Labute approximate surface area is 90.2 Å². The quantitative estimate of drug-likeness (QED) is 0.432. The van der Waals surface area contributed by atoms with Crippen molar-refractivity contribution >= 4 is 6.03 Å². The number of rotatable bonds is 8. The zero-order valence-corrected chi connectivity index (χ0v) is 9.36. The van der Waals surface area contributed by atoms with E-state index in [2.05, 4.69) is 5.32 Å². The standard InChI is InChI=1S/C9H20N2O4/c1-3-11(4-5-12)9(13)10-8-15-7-6-14-2/h12H,3-8H2,1-2H3,(H,10,13). The molecule has 0 aliphatic heterocycles. The van der Waals surface area contributed by atoms with Crippen LogP contribution in [-0.2, 0) is 9.47 Å². The summed E-state index contributed by atoms with van der Waals surface area (Å²) in [5, 5.41) is 11.3. The van der Waals surface area contributed by atoms with Crippen LogP contribution in [0.3, 0.4) is 0 Å². The Balaban J connectivity index is 3.53. The van der Waals surface area contributed by atoms with Gasteiger partial charge in [-0.3, -0.25) is 0 Å². The number of nitrogens with zero attached hydrogens (tertiary/aromatic N) is 1. The van der Waals surface area contributed by atoms with Gasteiger partial charge in [-0.05, 0) is 6.92 Å². The smallest absolute Gasteiger partial charge is 0.319 e. The molecule has 0 bridgehead atoms. The van der Waals surface area contributed by atoms with Crippen LogP contribution in [0.1, 0.15) is 6.92 Å². The van der Waals surface area contributed by atoms with E-state index in [1.807, 2.05) is 6.92 Å². The lowest BCUT2D eigenvalue weighted by atomic mass is 10.5. The Morgan fingerprint density at radius 1 is 1.47 bits per heavy atom. The molecule has 0 rings (SSSR count). The van der Waals surface area contributed by atoms with E-state index in [0.717, 1.165) is 0 Å². The molecule has 0 aromatic carbocycles. The molecule has 90 valence electrons. The Morgan fingerprint density at radius 2 is 2.20 bits per heavy atom. The highest BCUT2D eigenvalue weighted by Gasteiger charge is 2.08. The molecule has 15 heavy (non-hydrogen) atoms. The van der Waals surface area contributed by atoms with Gasteiger partial charge in [-0.25, -0.2) is 4.79 Å². The van der Waals surface area contributed by atoms with Gasteiger partial charge in [0, 0.05) is 20.2 Å². The van der Waals surface area contributed by atoms with Crippen LogP contribution in [0.4, 0.5) is 4.79 Å². The van der Waals surface area contributed by atoms with Crippen LogP contribution in [0, 0.1) is 0 Å². The molecule has 0 atom stereocenters. The molecule has 6 heteroatoms. The van der Waals surface area contributed by atoms with Gasteiger partial charge in [0.2, 0.25) is 0 Å². The SMILES string of the molecule is CCN(CCO)C(=O)NCOCCOC. The Bertz CT molecular complexity index is 166. The van der Waals surface area contributed by atoms with Crippen molar-refractivity contribution in [3.8, 4) is 0 Å². The number of carbonyl (C=O) groups is 1. The van der Waals surface area contributed by atoms with Crippen molar-refractivity contribution in [3.05, 3.63) is 0 Å². The van der Waals surface area contributed by atoms with Crippen molar-refractivity contribution in [2.24, 2.45) is 0 Å². The molecule has 2 N–H and O–H groups in total. The van der Waals surface area contributed by atoms with Crippen LogP contribution in [0.5, 0.6) is 0 Å². The average Bonchev–Trinajstić information content (AvgIpc) is 2.25. The topological polar surface area (TPSA) is 71.0 Å². The summed E-state index contributed by atoms with van der Waals surface area (Å²) in [6.45, 7) is 3.81. The first kappa shape index (κ1) is 14.2. The molecular weight excluding hydrogens is 200 g/mol. The predicted octanol–water partition coefficient (Wildman–Crippen LogP) is -0.369. The van der Waals surface area contributed by atoms with Crippen LogP contribution in [0.25, 0.3) is 0 Å². The van der Waals surface area contributed by atoms with Crippen molar-refractivity contribution in [3.63, 3.8) is 0 Å². The molecule has 0 heterocycles. The van der Waals surface area contributed by atoms with Crippen molar-refractivity contribution < 1.29 is 19.4 Å². The lowest BCUT2D eigenvalue weighted by molar-refractivity contribution is 0.0613. The number of nitrogens with one attached hydrogen (secondary N) is 1. The van der Waals surface area contributed by atoms with E-state index in [4.69, 9.17) is 14.6 Å². The predicted molar refractivity (Wildman–Crippen MR) is 55.6 cm³/mol. The van der Waals surface area contributed by atoms with Gasteiger partial charge in [0.05, 0.1) is 19.8 Å². The van der Waals surface area contributed by atoms with Crippen LogP contribution < -0.4 is 5.32 Å². The number of likely N-dealkylation sites (N-methyl/N-ethyl adjacent to an activating group) is 1. The highest BCUT2D eigenvalue weighted by atomic mass is 16.5. The summed E-state index contributed by atoms with van der Waals surface area (Å²) < 4.78 is 9.85. The summed E-state index contributed by atoms with van der Waals surface area (Å²) >= 11 is 0. The summed E-state index contributed by atoms with van der Waals surface area (Å²) in [6, 6.07) is -0.232. The average molecular weight is 220 g/mol. The number of aliphatic hydroxyl groups is 1. The van der Waals surface area contributed by atoms with E-state index in [9.17, 15) is 4.79 Å². The van der Waals surface area contributed by atoms with E-state index < -0.39 is 0 Å². The molecule has 0 aliphatic carbocycles. The fourth-order valence-corrected chi connectivity index (χ4v) is 0.963. The first-order valence-corrected chi connectivity index (χ1v) is 4.96. The molecule has 0 aliphatic rings. The van der Waals surface area contributed by atoms with Crippen LogP contribution in [0.15, 0.2) is 0 Å². The molecular formula is C9H20N2O4. The highest BCUT2D eigenvalue weighted by molar-refractivity contribution is 5.73. The third kappa shape index (κ3) is 7.12. The zero-order valence-electron chi connectivity index (χ0n) is 9.36. The molecule has 0 fully saturated rings. The number of aliphatic hydroxyl groups excluding tert-OH is 1. The lowest BCUT2D eigenvalue weighted by Gasteiger charge is -2.20. The number of methoxy groups -OCH3 is 1. The molecule has 6 nitrogen and oxygen atoms in total. The first-order valence-electron chi connectivity index (χ1n) is 4.96. The molecule has 0 saturated carbocycles. The van der Waals surface area contributed by atoms with Gasteiger partial charge < -0.3 is 24.8 Å². The minimum atomic E-state index is -0.232. The summed E-state index contributed by atoms with van der Waals surface area (Å²) in [5.41, 5.74) is 0. The molecule has 0 radical (unpaired) electrons. The van der Waals surface area contributed by atoms with Gasteiger partial charge in [-0.15, -0.1) is 0 Å².